The lowest BCUT2D eigenvalue weighted by molar-refractivity contribution is -0.128. The summed E-state index contributed by atoms with van der Waals surface area (Å²) in [6.07, 6.45) is -0.0290. The molecule has 1 aliphatic rings. The van der Waals surface area contributed by atoms with E-state index in [0.717, 1.165) is 5.56 Å². The normalized spacial score (nSPS) is 16.1. The number of halogens is 1. The number of nitrogens with one attached hydrogen (secondary N) is 1. The fraction of sp³-hybridized carbons (Fsp3) is 0.222. The van der Waals surface area contributed by atoms with Gasteiger partial charge in [0.05, 0.1) is 44.3 Å². The minimum atomic E-state index is -0.639. The summed E-state index contributed by atoms with van der Waals surface area (Å²) in [5.41, 5.74) is 1.99. The largest absolute Gasteiger partial charge is 0.497 e. The topological polar surface area (TPSA) is 89.5 Å². The number of rotatable bonds is 9. The van der Waals surface area contributed by atoms with Crippen molar-refractivity contribution in [3.05, 3.63) is 77.3 Å². The quantitative estimate of drug-likeness (QED) is 0.385. The van der Waals surface area contributed by atoms with Crippen molar-refractivity contribution in [2.45, 2.75) is 18.2 Å². The van der Waals surface area contributed by atoms with E-state index in [0.29, 0.717) is 38.8 Å². The number of para-hydroxylation sites is 1. The van der Waals surface area contributed by atoms with E-state index in [1.807, 2.05) is 24.3 Å². The van der Waals surface area contributed by atoms with Crippen LogP contribution in [0.2, 0.25) is 5.02 Å². The SMILES string of the molecule is COc1ccc(N=C2SC(CC(=O)Nc3ccccc3Cl)C(=O)N2Cc2ccc(OC)c(OC)c2)cc1. The highest BCUT2D eigenvalue weighted by molar-refractivity contribution is 8.15. The van der Waals surface area contributed by atoms with Crippen LogP contribution in [-0.4, -0.2) is 48.5 Å². The highest BCUT2D eigenvalue weighted by atomic mass is 35.5. The highest BCUT2D eigenvalue weighted by Gasteiger charge is 2.39. The van der Waals surface area contributed by atoms with Gasteiger partial charge in [0.15, 0.2) is 16.7 Å². The van der Waals surface area contributed by atoms with Crippen LogP contribution in [0, 0.1) is 0 Å². The third kappa shape index (κ3) is 6.36. The molecule has 1 atom stereocenters. The number of benzene rings is 3. The van der Waals surface area contributed by atoms with E-state index in [1.54, 1.807) is 68.7 Å². The van der Waals surface area contributed by atoms with E-state index >= 15 is 0 Å². The van der Waals surface area contributed by atoms with Gasteiger partial charge < -0.3 is 19.5 Å². The predicted octanol–water partition coefficient (Wildman–Crippen LogP) is 5.53. The second-order valence-corrected chi connectivity index (χ2v) is 9.62. The van der Waals surface area contributed by atoms with Gasteiger partial charge >= 0.3 is 0 Å². The van der Waals surface area contributed by atoms with Crippen LogP contribution < -0.4 is 19.5 Å². The molecule has 0 bridgehead atoms. The summed E-state index contributed by atoms with van der Waals surface area (Å²) in [6, 6.07) is 19.6. The maximum atomic E-state index is 13.5. The van der Waals surface area contributed by atoms with Crippen LogP contribution in [0.25, 0.3) is 0 Å². The maximum absolute atomic E-state index is 13.5. The molecule has 1 unspecified atom stereocenters. The molecule has 1 saturated heterocycles. The average Bonchev–Trinajstić information content (AvgIpc) is 3.18. The van der Waals surface area contributed by atoms with Crippen molar-refractivity contribution in [2.75, 3.05) is 26.6 Å². The van der Waals surface area contributed by atoms with Crippen LogP contribution >= 0.6 is 23.4 Å². The predicted molar refractivity (Wildman–Crippen MR) is 146 cm³/mol. The molecular weight excluding hydrogens is 514 g/mol. The van der Waals surface area contributed by atoms with Gasteiger partial charge in [0.1, 0.15) is 11.0 Å². The number of amides is 2. The van der Waals surface area contributed by atoms with E-state index in [2.05, 4.69) is 5.32 Å². The first-order chi connectivity index (χ1) is 17.9. The Labute approximate surface area is 224 Å². The zero-order chi connectivity index (χ0) is 26.4. The molecule has 1 fully saturated rings. The van der Waals surface area contributed by atoms with Crippen molar-refractivity contribution < 1.29 is 23.8 Å². The number of anilines is 1. The van der Waals surface area contributed by atoms with Crippen molar-refractivity contribution in [3.63, 3.8) is 0 Å². The molecule has 1 N–H and O–H groups in total. The van der Waals surface area contributed by atoms with Crippen molar-refractivity contribution in [1.82, 2.24) is 4.90 Å². The number of aliphatic imine (C=N–C) groups is 1. The summed E-state index contributed by atoms with van der Waals surface area (Å²) in [4.78, 5) is 32.6. The van der Waals surface area contributed by atoms with E-state index in [1.165, 1.54) is 11.8 Å². The zero-order valence-corrected chi connectivity index (χ0v) is 22.1. The van der Waals surface area contributed by atoms with Crippen molar-refractivity contribution in [3.8, 4) is 17.2 Å². The molecule has 37 heavy (non-hydrogen) atoms. The van der Waals surface area contributed by atoms with E-state index in [9.17, 15) is 9.59 Å². The summed E-state index contributed by atoms with van der Waals surface area (Å²) in [5, 5.41) is 3.08. The minimum absolute atomic E-state index is 0.0290. The molecule has 3 aromatic rings. The third-order valence-electron chi connectivity index (χ3n) is 5.62. The number of carbonyl (C=O) groups excluding carboxylic acids is 2. The fourth-order valence-electron chi connectivity index (χ4n) is 3.73. The Morgan fingerprint density at radius 3 is 2.41 bits per heavy atom. The molecular formula is C27H26ClN3O5S. The van der Waals surface area contributed by atoms with Crippen molar-refractivity contribution >= 4 is 51.7 Å². The monoisotopic (exact) mass is 539 g/mol. The Balaban J connectivity index is 1.58. The van der Waals surface area contributed by atoms with Gasteiger partial charge in [-0.05, 0) is 54.1 Å². The lowest BCUT2D eigenvalue weighted by Crippen LogP contribution is -2.33. The fourth-order valence-corrected chi connectivity index (χ4v) is 5.07. The van der Waals surface area contributed by atoms with Crippen molar-refractivity contribution in [2.24, 2.45) is 4.99 Å². The molecule has 3 aromatic carbocycles. The number of ether oxygens (including phenoxy) is 3. The smallest absolute Gasteiger partial charge is 0.242 e. The molecule has 10 heteroatoms. The molecule has 8 nitrogen and oxygen atoms in total. The Kier molecular flexibility index (Phi) is 8.58. The Bertz CT molecular complexity index is 1320. The first-order valence-corrected chi connectivity index (χ1v) is 12.6. The van der Waals surface area contributed by atoms with E-state index in [4.69, 9.17) is 30.8 Å². The first kappa shape index (κ1) is 26.4. The van der Waals surface area contributed by atoms with Crippen LogP contribution in [0.3, 0.4) is 0 Å². The molecule has 0 saturated carbocycles. The zero-order valence-electron chi connectivity index (χ0n) is 20.6. The number of thioether (sulfide) groups is 1. The molecule has 0 spiro atoms. The van der Waals surface area contributed by atoms with Gasteiger partial charge in [-0.3, -0.25) is 14.5 Å². The highest BCUT2D eigenvalue weighted by Crippen LogP contribution is 2.35. The standard InChI is InChI=1S/C27H26ClN3O5S/c1-34-19-11-9-18(10-12-19)29-27-31(16-17-8-13-22(35-2)23(14-17)36-3)26(33)24(37-27)15-25(32)30-21-7-5-4-6-20(21)28/h4-14,24H,15-16H2,1-3H3,(H,30,32). The molecule has 4 rings (SSSR count). The third-order valence-corrected chi connectivity index (χ3v) is 7.13. The Morgan fingerprint density at radius 1 is 1.00 bits per heavy atom. The first-order valence-electron chi connectivity index (χ1n) is 11.4. The van der Waals surface area contributed by atoms with Crippen LogP contribution in [0.1, 0.15) is 12.0 Å². The molecule has 1 aliphatic heterocycles. The van der Waals surface area contributed by atoms with Gasteiger partial charge in [0.2, 0.25) is 11.8 Å². The van der Waals surface area contributed by atoms with Crippen LogP contribution in [-0.2, 0) is 16.1 Å². The maximum Gasteiger partial charge on any atom is 0.242 e. The average molecular weight is 540 g/mol. The molecule has 192 valence electrons. The Morgan fingerprint density at radius 2 is 1.73 bits per heavy atom. The second-order valence-electron chi connectivity index (χ2n) is 8.04. The van der Waals surface area contributed by atoms with E-state index < -0.39 is 5.25 Å². The number of hydrogen-bond donors (Lipinski definition) is 1. The summed E-state index contributed by atoms with van der Waals surface area (Å²) in [5.74, 6) is 1.34. The summed E-state index contributed by atoms with van der Waals surface area (Å²) < 4.78 is 16.0. The van der Waals surface area contributed by atoms with Crippen LogP contribution in [0.5, 0.6) is 17.2 Å². The van der Waals surface area contributed by atoms with Crippen molar-refractivity contribution in [1.29, 1.82) is 0 Å². The summed E-state index contributed by atoms with van der Waals surface area (Å²) >= 11 is 7.42. The van der Waals surface area contributed by atoms with E-state index in [-0.39, 0.29) is 24.8 Å². The molecule has 1 heterocycles. The van der Waals surface area contributed by atoms with Gasteiger partial charge in [-0.25, -0.2) is 4.99 Å². The minimum Gasteiger partial charge on any atom is -0.497 e. The number of nitrogens with zero attached hydrogens (tertiary/aromatic N) is 2. The van der Waals surface area contributed by atoms with Gasteiger partial charge in [-0.2, -0.15) is 0 Å². The van der Waals surface area contributed by atoms with Crippen LogP contribution in [0.4, 0.5) is 11.4 Å². The van der Waals surface area contributed by atoms with Crippen LogP contribution in [0.15, 0.2) is 71.7 Å². The number of amidine groups is 1. The summed E-state index contributed by atoms with van der Waals surface area (Å²) in [7, 11) is 4.72. The van der Waals surface area contributed by atoms with Gasteiger partial charge in [-0.15, -0.1) is 0 Å². The lowest BCUT2D eigenvalue weighted by Gasteiger charge is -2.18. The second kappa shape index (κ2) is 12.0. The van der Waals surface area contributed by atoms with Gasteiger partial charge in [0.25, 0.3) is 0 Å². The molecule has 0 radical (unpaired) electrons. The number of carbonyl (C=O) groups is 2. The Hall–Kier alpha value is -3.69. The van der Waals surface area contributed by atoms with Gasteiger partial charge in [0, 0.05) is 6.42 Å². The van der Waals surface area contributed by atoms with Gasteiger partial charge in [-0.1, -0.05) is 41.6 Å². The number of methoxy groups -OCH3 is 3. The number of hydrogen-bond acceptors (Lipinski definition) is 7. The molecule has 2 amide bonds. The lowest BCUT2D eigenvalue weighted by atomic mass is 10.1. The molecule has 0 aliphatic carbocycles. The molecule has 0 aromatic heterocycles. The summed E-state index contributed by atoms with van der Waals surface area (Å²) in [6.45, 7) is 0.254.